The Hall–Kier alpha value is -2.41. The summed E-state index contributed by atoms with van der Waals surface area (Å²) in [4.78, 5) is 36.7. The fourth-order valence-corrected chi connectivity index (χ4v) is 3.68. The lowest BCUT2D eigenvalue weighted by Crippen LogP contribution is -2.47. The standard InChI is InChI=1S/C19H23NO5S/c1-5-11(2)16(18(22)24-4)20-15(21)10-25-19(23)17-12(3)13-8-6-7-9-14(13)26-17/h6-9,11,16H,5,10H2,1-4H3,(H,20,21)/t11-,16+/m1/s1. The first kappa shape index (κ1) is 19.9. The van der Waals surface area contributed by atoms with Crippen molar-refractivity contribution in [3.8, 4) is 0 Å². The van der Waals surface area contributed by atoms with E-state index in [4.69, 9.17) is 9.47 Å². The summed E-state index contributed by atoms with van der Waals surface area (Å²) >= 11 is 1.33. The van der Waals surface area contributed by atoms with Gasteiger partial charge in [0.25, 0.3) is 5.91 Å². The number of esters is 2. The van der Waals surface area contributed by atoms with Gasteiger partial charge in [-0.2, -0.15) is 0 Å². The van der Waals surface area contributed by atoms with Crippen molar-refractivity contribution in [2.45, 2.75) is 33.2 Å². The Morgan fingerprint density at radius 1 is 1.23 bits per heavy atom. The van der Waals surface area contributed by atoms with E-state index in [9.17, 15) is 14.4 Å². The molecule has 0 fully saturated rings. The highest BCUT2D eigenvalue weighted by Crippen LogP contribution is 2.30. The van der Waals surface area contributed by atoms with Gasteiger partial charge in [-0.1, -0.05) is 38.5 Å². The molecule has 26 heavy (non-hydrogen) atoms. The van der Waals surface area contributed by atoms with E-state index in [1.54, 1.807) is 0 Å². The Morgan fingerprint density at radius 2 is 1.92 bits per heavy atom. The van der Waals surface area contributed by atoms with Crippen LogP contribution in [0.25, 0.3) is 10.1 Å². The van der Waals surface area contributed by atoms with E-state index in [2.05, 4.69) is 5.32 Å². The van der Waals surface area contributed by atoms with E-state index >= 15 is 0 Å². The molecule has 2 atom stereocenters. The summed E-state index contributed by atoms with van der Waals surface area (Å²) in [7, 11) is 1.27. The van der Waals surface area contributed by atoms with Crippen LogP contribution in [0, 0.1) is 12.8 Å². The highest BCUT2D eigenvalue weighted by atomic mass is 32.1. The number of thiophene rings is 1. The smallest absolute Gasteiger partial charge is 0.349 e. The fourth-order valence-electron chi connectivity index (χ4n) is 2.58. The number of aryl methyl sites for hydroxylation is 1. The van der Waals surface area contributed by atoms with Gasteiger partial charge in [0.05, 0.1) is 7.11 Å². The third-order valence-corrected chi connectivity index (χ3v) is 5.60. The fraction of sp³-hybridized carbons (Fsp3) is 0.421. The van der Waals surface area contributed by atoms with E-state index in [0.29, 0.717) is 11.3 Å². The molecule has 0 spiro atoms. The zero-order chi connectivity index (χ0) is 19.3. The van der Waals surface area contributed by atoms with E-state index in [-0.39, 0.29) is 5.92 Å². The zero-order valence-electron chi connectivity index (χ0n) is 15.3. The molecule has 2 aromatic rings. The first-order valence-corrected chi connectivity index (χ1v) is 9.23. The average Bonchev–Trinajstić information content (AvgIpc) is 3.00. The van der Waals surface area contributed by atoms with Crippen LogP contribution in [0.3, 0.4) is 0 Å². The maximum Gasteiger partial charge on any atom is 0.349 e. The minimum Gasteiger partial charge on any atom is -0.467 e. The van der Waals surface area contributed by atoms with Crippen LogP contribution in [-0.2, 0) is 19.1 Å². The number of ether oxygens (including phenoxy) is 2. The van der Waals surface area contributed by atoms with Gasteiger partial charge in [-0.25, -0.2) is 9.59 Å². The quantitative estimate of drug-likeness (QED) is 0.750. The van der Waals surface area contributed by atoms with Gasteiger partial charge in [0.15, 0.2) is 6.61 Å². The third-order valence-electron chi connectivity index (χ3n) is 4.35. The normalized spacial score (nSPS) is 13.1. The summed E-state index contributed by atoms with van der Waals surface area (Å²) in [6.45, 7) is 5.16. The molecule has 0 aliphatic heterocycles. The molecule has 1 amide bonds. The molecule has 1 N–H and O–H groups in total. The molecule has 0 saturated carbocycles. The summed E-state index contributed by atoms with van der Waals surface area (Å²) in [5, 5.41) is 3.58. The third kappa shape index (κ3) is 4.40. The molecule has 1 heterocycles. The van der Waals surface area contributed by atoms with Crippen molar-refractivity contribution in [3.63, 3.8) is 0 Å². The van der Waals surface area contributed by atoms with Gasteiger partial charge in [-0.05, 0) is 29.9 Å². The summed E-state index contributed by atoms with van der Waals surface area (Å²) < 4.78 is 10.8. The number of carbonyl (C=O) groups excluding carboxylic acids is 3. The minimum atomic E-state index is -0.762. The van der Waals surface area contributed by atoms with Crippen molar-refractivity contribution in [1.29, 1.82) is 0 Å². The van der Waals surface area contributed by atoms with Gasteiger partial charge in [0.1, 0.15) is 10.9 Å². The molecule has 2 rings (SSSR count). The minimum absolute atomic E-state index is 0.0908. The van der Waals surface area contributed by atoms with Crippen molar-refractivity contribution < 1.29 is 23.9 Å². The molecule has 0 aliphatic carbocycles. The van der Waals surface area contributed by atoms with Crippen LogP contribution in [0.4, 0.5) is 0 Å². The SMILES string of the molecule is CC[C@@H](C)[C@H](NC(=O)COC(=O)c1sc2ccccc2c1C)C(=O)OC. The molecule has 0 aliphatic rings. The number of methoxy groups -OCH3 is 1. The number of hydrogen-bond donors (Lipinski definition) is 1. The monoisotopic (exact) mass is 377 g/mol. The first-order chi connectivity index (χ1) is 12.4. The molecule has 1 aromatic heterocycles. The molecule has 0 radical (unpaired) electrons. The van der Waals surface area contributed by atoms with Gasteiger partial charge in [0.2, 0.25) is 0 Å². The molecule has 1 aromatic carbocycles. The van der Waals surface area contributed by atoms with Crippen LogP contribution in [-0.4, -0.2) is 37.6 Å². The van der Waals surface area contributed by atoms with Gasteiger partial charge < -0.3 is 14.8 Å². The number of nitrogens with one attached hydrogen (secondary N) is 1. The number of carbonyl (C=O) groups is 3. The van der Waals surface area contributed by atoms with Crippen LogP contribution in [0.5, 0.6) is 0 Å². The van der Waals surface area contributed by atoms with Crippen LogP contribution in [0.15, 0.2) is 24.3 Å². The molecule has 6 nitrogen and oxygen atoms in total. The first-order valence-electron chi connectivity index (χ1n) is 8.41. The summed E-state index contributed by atoms with van der Waals surface area (Å²) in [6, 6.07) is 6.93. The van der Waals surface area contributed by atoms with Gasteiger partial charge in [0, 0.05) is 4.70 Å². The van der Waals surface area contributed by atoms with Crippen LogP contribution < -0.4 is 5.32 Å². The topological polar surface area (TPSA) is 81.7 Å². The van der Waals surface area contributed by atoms with E-state index in [1.807, 2.05) is 45.0 Å². The molecule has 0 bridgehead atoms. The molecule has 7 heteroatoms. The Morgan fingerprint density at radius 3 is 2.54 bits per heavy atom. The molecular formula is C19H23NO5S. The van der Waals surface area contributed by atoms with E-state index in [1.165, 1.54) is 18.4 Å². The second kappa shape index (κ2) is 8.80. The van der Waals surface area contributed by atoms with Crippen molar-refractivity contribution in [3.05, 3.63) is 34.7 Å². The van der Waals surface area contributed by atoms with E-state index < -0.39 is 30.5 Å². The largest absolute Gasteiger partial charge is 0.467 e. The Bertz CT molecular complexity index is 813. The molecule has 0 saturated heterocycles. The summed E-state index contributed by atoms with van der Waals surface area (Å²) in [6.07, 6.45) is 0.695. The predicted octanol–water partition coefficient (Wildman–Crippen LogP) is 3.07. The maximum atomic E-state index is 12.3. The number of amides is 1. The molecular weight excluding hydrogens is 354 g/mol. The lowest BCUT2D eigenvalue weighted by molar-refractivity contribution is -0.147. The molecule has 140 valence electrons. The second-order valence-corrected chi connectivity index (χ2v) is 7.13. The Labute approximate surface area is 156 Å². The van der Waals surface area contributed by atoms with Gasteiger partial charge in [-0.15, -0.1) is 11.3 Å². The Kier molecular flexibility index (Phi) is 6.74. The number of benzene rings is 1. The van der Waals surface area contributed by atoms with E-state index in [0.717, 1.165) is 15.6 Å². The average molecular weight is 377 g/mol. The summed E-state index contributed by atoms with van der Waals surface area (Å²) in [5.41, 5.74) is 0.836. The molecule has 0 unspecified atom stereocenters. The lowest BCUT2D eigenvalue weighted by atomic mass is 9.99. The number of hydrogen-bond acceptors (Lipinski definition) is 6. The second-order valence-electron chi connectivity index (χ2n) is 6.08. The van der Waals surface area contributed by atoms with Crippen molar-refractivity contribution in [2.24, 2.45) is 5.92 Å². The zero-order valence-corrected chi connectivity index (χ0v) is 16.1. The van der Waals surface area contributed by atoms with Crippen molar-refractivity contribution >= 4 is 39.3 Å². The predicted molar refractivity (Wildman–Crippen MR) is 100 cm³/mol. The number of fused-ring (bicyclic) bond motifs is 1. The van der Waals surface area contributed by atoms with Gasteiger partial charge in [-0.3, -0.25) is 4.79 Å². The lowest BCUT2D eigenvalue weighted by Gasteiger charge is -2.21. The highest BCUT2D eigenvalue weighted by molar-refractivity contribution is 7.21. The number of rotatable bonds is 7. The maximum absolute atomic E-state index is 12.3. The Balaban J connectivity index is 2.00. The van der Waals surface area contributed by atoms with Crippen molar-refractivity contribution in [1.82, 2.24) is 5.32 Å². The van der Waals surface area contributed by atoms with Crippen LogP contribution in [0.2, 0.25) is 0 Å². The van der Waals surface area contributed by atoms with Gasteiger partial charge >= 0.3 is 11.9 Å². The van der Waals surface area contributed by atoms with Crippen LogP contribution in [0.1, 0.15) is 35.5 Å². The highest BCUT2D eigenvalue weighted by Gasteiger charge is 2.27. The van der Waals surface area contributed by atoms with Crippen molar-refractivity contribution in [2.75, 3.05) is 13.7 Å². The van der Waals surface area contributed by atoms with Crippen LogP contribution >= 0.6 is 11.3 Å². The summed E-state index contributed by atoms with van der Waals surface area (Å²) in [5.74, 6) is -1.68.